The van der Waals surface area contributed by atoms with Gasteiger partial charge in [0.05, 0.1) is 22.9 Å². The molecule has 0 fully saturated rings. The number of rotatable bonds is 4. The predicted octanol–water partition coefficient (Wildman–Crippen LogP) is 2.93. The van der Waals surface area contributed by atoms with Crippen LogP contribution in [-0.2, 0) is 0 Å². The van der Waals surface area contributed by atoms with Crippen LogP contribution in [0.1, 0.15) is 25.8 Å². The van der Waals surface area contributed by atoms with Gasteiger partial charge in [-0.05, 0) is 38.0 Å². The molecule has 0 saturated carbocycles. The molecule has 1 rings (SSSR count). The standard InChI is InChI=1S/C13H19ClN2O2/c1-4-13(3,8-17)16-12(18)15-11-6-5-9(2)7-10(11)14/h5-7,17H,4,8H2,1-3H3,(H2,15,16,18)/t13-/m1/s1. The number of aryl methyl sites for hydroxylation is 1. The van der Waals surface area contributed by atoms with E-state index in [9.17, 15) is 9.90 Å². The van der Waals surface area contributed by atoms with Gasteiger partial charge in [0, 0.05) is 0 Å². The lowest BCUT2D eigenvalue weighted by atomic mass is 10.0. The van der Waals surface area contributed by atoms with E-state index in [0.717, 1.165) is 5.56 Å². The number of hydrogen-bond donors (Lipinski definition) is 3. The second-order valence-electron chi connectivity index (χ2n) is 4.63. The van der Waals surface area contributed by atoms with Gasteiger partial charge < -0.3 is 15.7 Å². The smallest absolute Gasteiger partial charge is 0.319 e. The van der Waals surface area contributed by atoms with Gasteiger partial charge in [-0.3, -0.25) is 0 Å². The third-order valence-electron chi connectivity index (χ3n) is 2.92. The van der Waals surface area contributed by atoms with E-state index in [0.29, 0.717) is 17.1 Å². The fraction of sp³-hybridized carbons (Fsp3) is 0.462. The van der Waals surface area contributed by atoms with Crippen molar-refractivity contribution in [3.05, 3.63) is 28.8 Å². The fourth-order valence-corrected chi connectivity index (χ4v) is 1.67. The van der Waals surface area contributed by atoms with E-state index in [2.05, 4.69) is 10.6 Å². The van der Waals surface area contributed by atoms with Crippen LogP contribution in [0, 0.1) is 6.92 Å². The molecule has 1 aromatic carbocycles. The molecule has 100 valence electrons. The van der Waals surface area contributed by atoms with Gasteiger partial charge in [0.25, 0.3) is 0 Å². The van der Waals surface area contributed by atoms with Crippen LogP contribution < -0.4 is 10.6 Å². The van der Waals surface area contributed by atoms with E-state index in [-0.39, 0.29) is 12.6 Å². The highest BCUT2D eigenvalue weighted by molar-refractivity contribution is 6.33. The molecule has 1 atom stereocenters. The maximum Gasteiger partial charge on any atom is 0.319 e. The molecular formula is C13H19ClN2O2. The highest BCUT2D eigenvalue weighted by atomic mass is 35.5. The highest BCUT2D eigenvalue weighted by Crippen LogP contribution is 2.22. The van der Waals surface area contributed by atoms with Crippen molar-refractivity contribution in [3.63, 3.8) is 0 Å². The maximum atomic E-state index is 11.8. The first-order valence-corrected chi connectivity index (χ1v) is 6.24. The lowest BCUT2D eigenvalue weighted by Gasteiger charge is -2.27. The van der Waals surface area contributed by atoms with Crippen molar-refractivity contribution in [2.75, 3.05) is 11.9 Å². The number of halogens is 1. The SMILES string of the molecule is CC[C@](C)(CO)NC(=O)Nc1ccc(C)cc1Cl. The van der Waals surface area contributed by atoms with Crippen LogP contribution in [0.2, 0.25) is 5.02 Å². The Hall–Kier alpha value is -1.26. The number of aliphatic hydroxyl groups excluding tert-OH is 1. The van der Waals surface area contributed by atoms with Gasteiger partial charge in [0.15, 0.2) is 0 Å². The first-order chi connectivity index (χ1) is 8.40. The molecule has 2 amide bonds. The molecule has 0 aliphatic rings. The molecule has 0 aliphatic heterocycles. The Morgan fingerprint density at radius 1 is 1.50 bits per heavy atom. The Balaban J connectivity index is 2.70. The monoisotopic (exact) mass is 270 g/mol. The van der Waals surface area contributed by atoms with Crippen LogP contribution in [0.25, 0.3) is 0 Å². The summed E-state index contributed by atoms with van der Waals surface area (Å²) in [6, 6.07) is 5.02. The molecule has 0 radical (unpaired) electrons. The van der Waals surface area contributed by atoms with Gasteiger partial charge in [0.2, 0.25) is 0 Å². The molecular weight excluding hydrogens is 252 g/mol. The maximum absolute atomic E-state index is 11.8. The quantitative estimate of drug-likeness (QED) is 0.788. The summed E-state index contributed by atoms with van der Waals surface area (Å²) >= 11 is 6.02. The Morgan fingerprint density at radius 3 is 2.67 bits per heavy atom. The van der Waals surface area contributed by atoms with Crippen LogP contribution in [0.4, 0.5) is 10.5 Å². The fourth-order valence-electron chi connectivity index (χ4n) is 1.39. The lowest BCUT2D eigenvalue weighted by molar-refractivity contribution is 0.172. The van der Waals surface area contributed by atoms with Crippen molar-refractivity contribution in [2.24, 2.45) is 0 Å². The van der Waals surface area contributed by atoms with Gasteiger partial charge >= 0.3 is 6.03 Å². The normalized spacial score (nSPS) is 13.8. The number of amides is 2. The number of urea groups is 1. The minimum atomic E-state index is -0.624. The molecule has 0 heterocycles. The van der Waals surface area contributed by atoms with Crippen LogP contribution in [0.3, 0.4) is 0 Å². The molecule has 4 nitrogen and oxygen atoms in total. The molecule has 3 N–H and O–H groups in total. The second-order valence-corrected chi connectivity index (χ2v) is 5.04. The first kappa shape index (κ1) is 14.8. The zero-order valence-electron chi connectivity index (χ0n) is 10.9. The highest BCUT2D eigenvalue weighted by Gasteiger charge is 2.23. The largest absolute Gasteiger partial charge is 0.394 e. The van der Waals surface area contributed by atoms with Gasteiger partial charge in [0.1, 0.15) is 0 Å². The van der Waals surface area contributed by atoms with Crippen molar-refractivity contribution < 1.29 is 9.90 Å². The summed E-state index contributed by atoms with van der Waals surface area (Å²) in [4.78, 5) is 11.8. The Morgan fingerprint density at radius 2 is 2.17 bits per heavy atom. The summed E-state index contributed by atoms with van der Waals surface area (Å²) in [5.74, 6) is 0. The minimum absolute atomic E-state index is 0.113. The van der Waals surface area contributed by atoms with E-state index in [4.69, 9.17) is 11.6 Å². The summed E-state index contributed by atoms with van der Waals surface area (Å²) in [6.07, 6.45) is 0.637. The van der Waals surface area contributed by atoms with Gasteiger partial charge in [-0.2, -0.15) is 0 Å². The number of carbonyl (C=O) groups excluding carboxylic acids is 1. The topological polar surface area (TPSA) is 61.4 Å². The van der Waals surface area contributed by atoms with E-state index in [1.54, 1.807) is 19.1 Å². The molecule has 0 unspecified atom stereocenters. The van der Waals surface area contributed by atoms with E-state index >= 15 is 0 Å². The average molecular weight is 271 g/mol. The van der Waals surface area contributed by atoms with Crippen molar-refractivity contribution in [2.45, 2.75) is 32.7 Å². The molecule has 0 aliphatic carbocycles. The number of aliphatic hydroxyl groups is 1. The van der Waals surface area contributed by atoms with E-state index < -0.39 is 5.54 Å². The van der Waals surface area contributed by atoms with Crippen LogP contribution in [0.15, 0.2) is 18.2 Å². The zero-order valence-corrected chi connectivity index (χ0v) is 11.6. The molecule has 0 aromatic heterocycles. The van der Waals surface area contributed by atoms with E-state index in [1.165, 1.54) is 0 Å². The number of carbonyl (C=O) groups is 1. The zero-order chi connectivity index (χ0) is 13.8. The van der Waals surface area contributed by atoms with Crippen molar-refractivity contribution in [1.29, 1.82) is 0 Å². The van der Waals surface area contributed by atoms with Gasteiger partial charge in [-0.25, -0.2) is 4.79 Å². The molecule has 5 heteroatoms. The third kappa shape index (κ3) is 3.89. The van der Waals surface area contributed by atoms with E-state index in [1.807, 2.05) is 19.9 Å². The molecule has 0 bridgehead atoms. The summed E-state index contributed by atoms with van der Waals surface area (Å²) < 4.78 is 0. The summed E-state index contributed by atoms with van der Waals surface area (Å²) in [5.41, 5.74) is 0.956. The second kappa shape index (κ2) is 6.07. The molecule has 18 heavy (non-hydrogen) atoms. The van der Waals surface area contributed by atoms with Crippen molar-refractivity contribution in [3.8, 4) is 0 Å². The minimum Gasteiger partial charge on any atom is -0.394 e. The number of benzene rings is 1. The molecule has 0 spiro atoms. The Bertz CT molecular complexity index is 431. The third-order valence-corrected chi connectivity index (χ3v) is 3.23. The number of hydrogen-bond acceptors (Lipinski definition) is 2. The lowest BCUT2D eigenvalue weighted by Crippen LogP contribution is -2.50. The van der Waals surface area contributed by atoms with Crippen LogP contribution >= 0.6 is 11.6 Å². The van der Waals surface area contributed by atoms with Crippen LogP contribution in [-0.4, -0.2) is 23.3 Å². The molecule has 1 aromatic rings. The number of anilines is 1. The average Bonchev–Trinajstić information content (AvgIpc) is 2.32. The Kier molecular flexibility index (Phi) is 4.99. The van der Waals surface area contributed by atoms with Crippen molar-refractivity contribution in [1.82, 2.24) is 5.32 Å². The first-order valence-electron chi connectivity index (χ1n) is 5.86. The van der Waals surface area contributed by atoms with Crippen molar-refractivity contribution >= 4 is 23.3 Å². The summed E-state index contributed by atoms with van der Waals surface area (Å²) in [5, 5.41) is 15.1. The number of nitrogens with one attached hydrogen (secondary N) is 2. The molecule has 0 saturated heterocycles. The van der Waals surface area contributed by atoms with Gasteiger partial charge in [-0.1, -0.05) is 24.6 Å². The predicted molar refractivity (Wildman–Crippen MR) is 74.1 cm³/mol. The summed E-state index contributed by atoms with van der Waals surface area (Å²) in [6.45, 7) is 5.49. The Labute approximate surface area is 112 Å². The van der Waals surface area contributed by atoms with Gasteiger partial charge in [-0.15, -0.1) is 0 Å². The van der Waals surface area contributed by atoms with Crippen LogP contribution in [0.5, 0.6) is 0 Å². The summed E-state index contributed by atoms with van der Waals surface area (Å²) in [7, 11) is 0.